The summed E-state index contributed by atoms with van der Waals surface area (Å²) in [5.41, 5.74) is 3.36. The first-order valence-corrected chi connectivity index (χ1v) is 12.2. The van der Waals surface area contributed by atoms with Crippen LogP contribution < -0.4 is 4.90 Å². The van der Waals surface area contributed by atoms with Crippen LogP contribution in [0.2, 0.25) is 5.28 Å². The van der Waals surface area contributed by atoms with Crippen LogP contribution in [-0.2, 0) is 26.0 Å². The first-order valence-electron chi connectivity index (χ1n) is 11.8. The summed E-state index contributed by atoms with van der Waals surface area (Å²) in [5, 5.41) is 9.94. The normalized spacial score (nSPS) is 30.1. The van der Waals surface area contributed by atoms with E-state index in [0.29, 0.717) is 30.1 Å². The van der Waals surface area contributed by atoms with Crippen molar-refractivity contribution in [3.63, 3.8) is 0 Å². The number of nitrogens with zero attached hydrogens (tertiary/aromatic N) is 5. The summed E-state index contributed by atoms with van der Waals surface area (Å²) in [6.45, 7) is 4.91. The van der Waals surface area contributed by atoms with E-state index in [1.165, 1.54) is 11.6 Å². The van der Waals surface area contributed by atoms with Gasteiger partial charge in [-0.15, -0.1) is 0 Å². The smallest absolute Gasteiger partial charge is 0.226 e. The zero-order chi connectivity index (χ0) is 24.1. The van der Waals surface area contributed by atoms with Crippen molar-refractivity contribution < 1.29 is 23.7 Å². The number of halogens is 2. The molecule has 0 saturated carbocycles. The summed E-state index contributed by atoms with van der Waals surface area (Å²) in [5.74, 6) is -0.347. The lowest BCUT2D eigenvalue weighted by Crippen LogP contribution is -2.58. The van der Waals surface area contributed by atoms with Crippen LogP contribution in [0, 0.1) is 5.82 Å². The Labute approximate surface area is 205 Å². The quantitative estimate of drug-likeness (QED) is 0.547. The topological polar surface area (TPSA) is 94.8 Å². The molecule has 11 heteroatoms. The maximum atomic E-state index is 14.0. The summed E-state index contributed by atoms with van der Waals surface area (Å²) in [4.78, 5) is 15.7. The average molecular weight is 502 g/mol. The highest BCUT2D eigenvalue weighted by Crippen LogP contribution is 2.48. The standard InChI is InChI=1S/C24H25ClFN5O4/c1-23(2)34-17-15(8-32)33-21(18(17)35-23)31-11-27-16-19(28-22(25)29-20(16)31)30-9-24(10-30)6-5-12-3-4-13(26)7-14(12)24/h3-4,7,11,15,17-18,21,32H,5-6,8-10H2,1-2H3/t15-,17?,18?,21-/m1/s1. The van der Waals surface area contributed by atoms with Crippen molar-refractivity contribution in [2.24, 2.45) is 0 Å². The number of hydrogen-bond donors (Lipinski definition) is 1. The number of ether oxygens (including phenoxy) is 3. The van der Waals surface area contributed by atoms with Crippen LogP contribution in [0.4, 0.5) is 10.2 Å². The number of aliphatic hydroxyl groups is 1. The van der Waals surface area contributed by atoms with Crippen molar-refractivity contribution in [3.8, 4) is 0 Å². The van der Waals surface area contributed by atoms with Crippen LogP contribution in [0.1, 0.15) is 37.6 Å². The largest absolute Gasteiger partial charge is 0.394 e. The Hall–Kier alpha value is -2.37. The highest BCUT2D eigenvalue weighted by Gasteiger charge is 2.56. The molecule has 0 amide bonds. The van der Waals surface area contributed by atoms with Gasteiger partial charge in [-0.3, -0.25) is 4.57 Å². The maximum absolute atomic E-state index is 14.0. The minimum atomic E-state index is -0.790. The molecule has 7 rings (SSSR count). The lowest BCUT2D eigenvalue weighted by atomic mass is 9.74. The second-order valence-electron chi connectivity index (χ2n) is 10.4. The fourth-order valence-electron chi connectivity index (χ4n) is 6.24. The summed E-state index contributed by atoms with van der Waals surface area (Å²) >= 11 is 6.37. The number of imidazole rings is 1. The molecule has 0 radical (unpaired) electrons. The number of anilines is 1. The van der Waals surface area contributed by atoms with Gasteiger partial charge in [0.2, 0.25) is 5.28 Å². The van der Waals surface area contributed by atoms with Crippen molar-refractivity contribution in [1.29, 1.82) is 0 Å². The zero-order valence-electron chi connectivity index (χ0n) is 19.3. The molecule has 9 nitrogen and oxygen atoms in total. The average Bonchev–Trinajstić information content (AvgIpc) is 3.52. The molecular formula is C24H25ClFN5O4. The molecule has 3 aromatic rings. The second kappa shape index (κ2) is 7.33. The van der Waals surface area contributed by atoms with E-state index in [-0.39, 0.29) is 23.1 Å². The highest BCUT2D eigenvalue weighted by atomic mass is 35.5. The molecular weight excluding hydrogens is 477 g/mol. The maximum Gasteiger partial charge on any atom is 0.226 e. The number of hydrogen-bond acceptors (Lipinski definition) is 8. The van der Waals surface area contributed by atoms with E-state index >= 15 is 0 Å². The number of benzene rings is 1. The molecule has 1 aromatic carbocycles. The Morgan fingerprint density at radius 1 is 1.20 bits per heavy atom. The second-order valence-corrected chi connectivity index (χ2v) is 10.7. The van der Waals surface area contributed by atoms with Gasteiger partial charge < -0.3 is 24.2 Å². The minimum Gasteiger partial charge on any atom is -0.394 e. The molecule has 1 aliphatic carbocycles. The van der Waals surface area contributed by atoms with E-state index in [2.05, 4.69) is 19.9 Å². The number of aliphatic hydroxyl groups excluding tert-OH is 1. The Morgan fingerprint density at radius 3 is 2.80 bits per heavy atom. The molecule has 1 spiro atoms. The highest BCUT2D eigenvalue weighted by molar-refractivity contribution is 6.28. The molecule has 3 saturated heterocycles. The van der Waals surface area contributed by atoms with Gasteiger partial charge in [0.1, 0.15) is 24.1 Å². The predicted molar refractivity (Wildman–Crippen MR) is 124 cm³/mol. The van der Waals surface area contributed by atoms with Gasteiger partial charge in [0.15, 0.2) is 29.0 Å². The van der Waals surface area contributed by atoms with Gasteiger partial charge in [0.25, 0.3) is 0 Å². The molecule has 1 N–H and O–H groups in total. The molecule has 3 aliphatic heterocycles. The third-order valence-corrected chi connectivity index (χ3v) is 7.93. The van der Waals surface area contributed by atoms with Gasteiger partial charge in [-0.05, 0) is 61.5 Å². The lowest BCUT2D eigenvalue weighted by Gasteiger charge is -2.49. The van der Waals surface area contributed by atoms with E-state index in [0.717, 1.165) is 18.4 Å². The SMILES string of the molecule is CC1(C)OC2C(O1)[C@@H](CO)O[C@H]2n1cnc2c(N3CC4(CCc5ccc(F)cc54)C3)nc(Cl)nc21. The summed E-state index contributed by atoms with van der Waals surface area (Å²) in [6.07, 6.45) is 1.61. The van der Waals surface area contributed by atoms with Gasteiger partial charge in [-0.1, -0.05) is 6.07 Å². The van der Waals surface area contributed by atoms with Crippen LogP contribution >= 0.6 is 11.6 Å². The molecule has 2 aromatic heterocycles. The lowest BCUT2D eigenvalue weighted by molar-refractivity contribution is -0.199. The van der Waals surface area contributed by atoms with Gasteiger partial charge in [-0.25, -0.2) is 9.37 Å². The molecule has 5 heterocycles. The summed E-state index contributed by atoms with van der Waals surface area (Å²) < 4.78 is 34.0. The third-order valence-electron chi connectivity index (χ3n) is 7.76. The van der Waals surface area contributed by atoms with Crippen molar-refractivity contribution in [2.75, 3.05) is 24.6 Å². The number of rotatable bonds is 3. The molecule has 0 bridgehead atoms. The van der Waals surface area contributed by atoms with E-state index in [1.54, 1.807) is 17.0 Å². The Kier molecular flexibility index (Phi) is 4.58. The van der Waals surface area contributed by atoms with Crippen molar-refractivity contribution in [1.82, 2.24) is 19.5 Å². The molecule has 4 aliphatic rings. The molecule has 2 unspecified atom stereocenters. The van der Waals surface area contributed by atoms with Crippen LogP contribution in [0.15, 0.2) is 24.5 Å². The van der Waals surface area contributed by atoms with E-state index in [9.17, 15) is 9.50 Å². The fourth-order valence-corrected chi connectivity index (χ4v) is 6.40. The van der Waals surface area contributed by atoms with Crippen LogP contribution in [0.5, 0.6) is 0 Å². The fraction of sp³-hybridized carbons (Fsp3) is 0.542. The monoisotopic (exact) mass is 501 g/mol. The number of aromatic nitrogens is 4. The van der Waals surface area contributed by atoms with E-state index < -0.39 is 30.3 Å². The van der Waals surface area contributed by atoms with Gasteiger partial charge >= 0.3 is 0 Å². The third kappa shape index (κ3) is 3.17. The summed E-state index contributed by atoms with van der Waals surface area (Å²) in [6, 6.07) is 5.10. The first-order chi connectivity index (χ1) is 16.8. The van der Waals surface area contributed by atoms with Crippen LogP contribution in [-0.4, -0.2) is 68.4 Å². The zero-order valence-corrected chi connectivity index (χ0v) is 20.1. The van der Waals surface area contributed by atoms with Crippen LogP contribution in [0.3, 0.4) is 0 Å². The Bertz CT molecular complexity index is 1340. The molecule has 35 heavy (non-hydrogen) atoms. The molecule has 3 fully saturated rings. The minimum absolute atomic E-state index is 0.0828. The van der Waals surface area contributed by atoms with Gasteiger partial charge in [0, 0.05) is 18.5 Å². The summed E-state index contributed by atoms with van der Waals surface area (Å²) in [7, 11) is 0. The number of fused-ring (bicyclic) bond motifs is 4. The van der Waals surface area contributed by atoms with Crippen molar-refractivity contribution >= 4 is 28.6 Å². The van der Waals surface area contributed by atoms with Crippen LogP contribution in [0.25, 0.3) is 11.2 Å². The molecule has 184 valence electrons. The first kappa shape index (κ1) is 21.9. The Balaban J connectivity index is 1.23. The van der Waals surface area contributed by atoms with Gasteiger partial charge in [0.05, 0.1) is 12.9 Å². The number of aryl methyl sites for hydroxylation is 1. The predicted octanol–water partition coefficient (Wildman–Crippen LogP) is 2.73. The van der Waals surface area contributed by atoms with Crippen molar-refractivity contribution in [3.05, 3.63) is 46.8 Å². The Morgan fingerprint density at radius 2 is 2.00 bits per heavy atom. The van der Waals surface area contributed by atoms with E-state index in [1.807, 2.05) is 19.9 Å². The van der Waals surface area contributed by atoms with E-state index in [4.69, 9.17) is 25.8 Å². The molecule has 4 atom stereocenters. The van der Waals surface area contributed by atoms with Crippen molar-refractivity contribution in [2.45, 2.75) is 62.4 Å². The van der Waals surface area contributed by atoms with Gasteiger partial charge in [-0.2, -0.15) is 9.97 Å².